The normalized spacial score (nSPS) is 27.4. The minimum absolute atomic E-state index is 0.153. The first-order valence-corrected chi connectivity index (χ1v) is 8.87. The highest BCUT2D eigenvalue weighted by atomic mass is 79.9. The quantitative estimate of drug-likeness (QED) is 0.764. The molecule has 3 heterocycles. The average Bonchev–Trinajstić information content (AvgIpc) is 3.03. The predicted octanol–water partition coefficient (Wildman–Crippen LogP) is 2.17. The van der Waals surface area contributed by atoms with Crippen molar-refractivity contribution >= 4 is 39.2 Å². The monoisotopic (exact) mass is 395 g/mol. The second-order valence-corrected chi connectivity index (χ2v) is 7.97. The summed E-state index contributed by atoms with van der Waals surface area (Å²) in [5.74, 6) is 1.29. The van der Waals surface area contributed by atoms with Crippen LogP contribution in [0.25, 0.3) is 0 Å². The Morgan fingerprint density at radius 3 is 2.96 bits per heavy atom. The molecular formula is C16H19BrClN5. The molecule has 0 bridgehead atoms. The van der Waals surface area contributed by atoms with Gasteiger partial charge in [0.05, 0.1) is 11.6 Å². The summed E-state index contributed by atoms with van der Waals surface area (Å²) in [6.07, 6.45) is 1.16. The molecule has 5 nitrogen and oxygen atoms in total. The van der Waals surface area contributed by atoms with E-state index in [1.165, 1.54) is 11.3 Å². The highest BCUT2D eigenvalue weighted by Crippen LogP contribution is 2.48. The number of likely N-dealkylation sites (tertiary alicyclic amines) is 1. The molecule has 3 N–H and O–H groups in total. The number of hydrogen-bond donors (Lipinski definition) is 2. The molecule has 1 aromatic carbocycles. The molecular weight excluding hydrogens is 378 g/mol. The van der Waals surface area contributed by atoms with Crippen LogP contribution in [0.3, 0.4) is 0 Å². The van der Waals surface area contributed by atoms with Crippen LogP contribution in [0, 0.1) is 0 Å². The number of guanidine groups is 1. The first kappa shape index (κ1) is 15.3. The van der Waals surface area contributed by atoms with Crippen LogP contribution in [0.1, 0.15) is 12.0 Å². The Balaban J connectivity index is 1.80. The number of rotatable bonds is 1. The number of hydrogen-bond acceptors (Lipinski definition) is 5. The van der Waals surface area contributed by atoms with E-state index in [4.69, 9.17) is 17.3 Å². The fourth-order valence-corrected chi connectivity index (χ4v) is 4.51. The molecule has 3 aliphatic heterocycles. The zero-order chi connectivity index (χ0) is 16.2. The number of anilines is 1. The van der Waals surface area contributed by atoms with Crippen molar-refractivity contribution in [2.75, 3.05) is 38.1 Å². The lowest BCUT2D eigenvalue weighted by atomic mass is 9.82. The topological polar surface area (TPSA) is 56.9 Å². The predicted molar refractivity (Wildman–Crippen MR) is 97.8 cm³/mol. The molecule has 1 saturated heterocycles. The van der Waals surface area contributed by atoms with E-state index in [0.29, 0.717) is 17.5 Å². The van der Waals surface area contributed by atoms with Crippen LogP contribution in [0.4, 0.5) is 5.69 Å². The molecule has 23 heavy (non-hydrogen) atoms. The van der Waals surface area contributed by atoms with Crippen molar-refractivity contribution in [2.45, 2.75) is 11.8 Å². The van der Waals surface area contributed by atoms with Crippen molar-refractivity contribution in [1.29, 1.82) is 0 Å². The molecule has 122 valence electrons. The molecule has 0 radical (unpaired) electrons. The fourth-order valence-electron chi connectivity index (χ4n) is 3.95. The van der Waals surface area contributed by atoms with Crippen LogP contribution in [-0.2, 0) is 5.41 Å². The molecule has 0 aliphatic carbocycles. The third kappa shape index (κ3) is 2.44. The third-order valence-electron chi connectivity index (χ3n) is 4.99. The van der Waals surface area contributed by atoms with Gasteiger partial charge in [-0.25, -0.2) is 4.99 Å². The summed E-state index contributed by atoms with van der Waals surface area (Å²) < 4.78 is 1.07. The van der Waals surface area contributed by atoms with Crippen LogP contribution in [0.15, 0.2) is 38.5 Å². The van der Waals surface area contributed by atoms with E-state index in [2.05, 4.69) is 61.3 Å². The molecule has 4 rings (SSSR count). The van der Waals surface area contributed by atoms with E-state index in [9.17, 15) is 0 Å². The summed E-state index contributed by atoms with van der Waals surface area (Å²) in [6, 6.07) is 6.54. The zero-order valence-corrected chi connectivity index (χ0v) is 15.3. The Kier molecular flexibility index (Phi) is 3.59. The van der Waals surface area contributed by atoms with Crippen LogP contribution < -0.4 is 16.0 Å². The third-order valence-corrected chi connectivity index (χ3v) is 5.78. The van der Waals surface area contributed by atoms with E-state index < -0.39 is 0 Å². The lowest BCUT2D eigenvalue weighted by Gasteiger charge is -2.29. The molecule has 1 fully saturated rings. The smallest absolute Gasteiger partial charge is 0.194 e. The van der Waals surface area contributed by atoms with E-state index >= 15 is 0 Å². The maximum atomic E-state index is 6.45. The van der Waals surface area contributed by atoms with Crippen LogP contribution >= 0.6 is 27.5 Å². The van der Waals surface area contributed by atoms with Crippen molar-refractivity contribution in [3.63, 3.8) is 0 Å². The van der Waals surface area contributed by atoms with Gasteiger partial charge in [0.15, 0.2) is 5.96 Å². The Bertz CT molecular complexity index is 731. The molecule has 0 aromatic heterocycles. The molecule has 3 aliphatic rings. The van der Waals surface area contributed by atoms with E-state index in [1.807, 2.05) is 0 Å². The van der Waals surface area contributed by atoms with Gasteiger partial charge in [0.25, 0.3) is 0 Å². The van der Waals surface area contributed by atoms with Gasteiger partial charge in [-0.2, -0.15) is 0 Å². The first-order valence-electron chi connectivity index (χ1n) is 7.70. The Hall–Kier alpha value is -1.24. The molecule has 0 saturated carbocycles. The van der Waals surface area contributed by atoms with E-state index in [0.717, 1.165) is 36.3 Å². The van der Waals surface area contributed by atoms with Crippen molar-refractivity contribution < 1.29 is 0 Å². The first-order chi connectivity index (χ1) is 11.0. The Morgan fingerprint density at radius 1 is 1.39 bits per heavy atom. The zero-order valence-electron chi connectivity index (χ0n) is 12.9. The number of likely N-dealkylation sites (N-methyl/N-ethyl adjacent to an activating group) is 1. The number of nitrogens with two attached hydrogens (primary N) is 1. The standard InChI is InChI=1S/C16H19BrClN5/c1-22-5-4-16(8-22)9-23(13-6-10(17)2-3-11(13)16)14-12(18)7-20-15(19)21-14/h2-3,6H,4-5,7-9H2,1H3,(H3,19,20,21). The Labute approximate surface area is 149 Å². The van der Waals surface area contributed by atoms with Crippen LogP contribution in [0.2, 0.25) is 0 Å². The number of fused-ring (bicyclic) bond motifs is 2. The van der Waals surface area contributed by atoms with Gasteiger partial charge in [-0.3, -0.25) is 0 Å². The van der Waals surface area contributed by atoms with Gasteiger partial charge in [-0.1, -0.05) is 33.6 Å². The van der Waals surface area contributed by atoms with E-state index in [-0.39, 0.29) is 5.41 Å². The Morgan fingerprint density at radius 2 is 2.22 bits per heavy atom. The number of benzene rings is 1. The van der Waals surface area contributed by atoms with Gasteiger partial charge in [0, 0.05) is 28.7 Å². The van der Waals surface area contributed by atoms with Crippen LogP contribution in [0.5, 0.6) is 0 Å². The van der Waals surface area contributed by atoms with E-state index in [1.54, 1.807) is 0 Å². The van der Waals surface area contributed by atoms with Gasteiger partial charge in [0.2, 0.25) is 0 Å². The van der Waals surface area contributed by atoms with Crippen molar-refractivity contribution in [3.8, 4) is 0 Å². The van der Waals surface area contributed by atoms with Gasteiger partial charge in [-0.15, -0.1) is 0 Å². The largest absolute Gasteiger partial charge is 0.370 e. The molecule has 1 spiro atoms. The maximum absolute atomic E-state index is 6.45. The highest BCUT2D eigenvalue weighted by molar-refractivity contribution is 9.10. The van der Waals surface area contributed by atoms with Crippen LogP contribution in [-0.4, -0.2) is 44.1 Å². The van der Waals surface area contributed by atoms with Gasteiger partial charge in [-0.05, 0) is 37.7 Å². The molecule has 1 atom stereocenters. The van der Waals surface area contributed by atoms with Crippen molar-refractivity contribution in [3.05, 3.63) is 39.1 Å². The molecule has 7 heteroatoms. The van der Waals surface area contributed by atoms with Gasteiger partial charge >= 0.3 is 0 Å². The summed E-state index contributed by atoms with van der Waals surface area (Å²) in [5, 5.41) is 3.86. The second-order valence-electron chi connectivity index (χ2n) is 6.60. The summed E-state index contributed by atoms with van der Waals surface area (Å²) in [5.41, 5.74) is 8.62. The lowest BCUT2D eigenvalue weighted by molar-refractivity contribution is 0.377. The minimum Gasteiger partial charge on any atom is -0.370 e. The summed E-state index contributed by atoms with van der Waals surface area (Å²) in [6.45, 7) is 3.52. The lowest BCUT2D eigenvalue weighted by Crippen LogP contribution is -2.44. The fraction of sp³-hybridized carbons (Fsp3) is 0.438. The molecule has 1 unspecified atom stereocenters. The second kappa shape index (κ2) is 5.40. The average molecular weight is 397 g/mol. The summed E-state index contributed by atoms with van der Waals surface area (Å²) >= 11 is 10.0. The SMILES string of the molecule is CN1CCC2(C1)CN(C1=C(Cl)CN=C(N)N1)c1cc(Br)ccc12. The maximum Gasteiger partial charge on any atom is 0.194 e. The van der Waals surface area contributed by atoms with Gasteiger partial charge < -0.3 is 20.9 Å². The molecule has 1 aromatic rings. The number of nitrogens with zero attached hydrogens (tertiary/aromatic N) is 3. The minimum atomic E-state index is 0.153. The number of halogens is 2. The summed E-state index contributed by atoms with van der Waals surface area (Å²) in [7, 11) is 2.19. The highest BCUT2D eigenvalue weighted by Gasteiger charge is 2.47. The summed E-state index contributed by atoms with van der Waals surface area (Å²) in [4.78, 5) is 8.82. The van der Waals surface area contributed by atoms with Gasteiger partial charge in [0.1, 0.15) is 5.82 Å². The number of aliphatic imine (C=N–C) groups is 1. The number of nitrogens with one attached hydrogen (secondary N) is 1. The van der Waals surface area contributed by atoms with Crippen molar-refractivity contribution in [2.24, 2.45) is 10.7 Å². The van der Waals surface area contributed by atoms with Crippen molar-refractivity contribution in [1.82, 2.24) is 10.2 Å². The molecule has 0 amide bonds.